The van der Waals surface area contributed by atoms with Crippen molar-refractivity contribution in [2.45, 2.75) is 13.5 Å². The molecule has 0 amide bonds. The molecule has 0 bridgehead atoms. The normalized spacial score (nSPS) is 10.5. The summed E-state index contributed by atoms with van der Waals surface area (Å²) < 4.78 is 16.6. The van der Waals surface area contributed by atoms with Crippen molar-refractivity contribution >= 4 is 0 Å². The maximum absolute atomic E-state index is 5.65. The monoisotopic (exact) mass is 296 g/mol. The summed E-state index contributed by atoms with van der Waals surface area (Å²) in [5.74, 6) is 2.30. The molecular formula is C17H16N2O3. The van der Waals surface area contributed by atoms with Crippen molar-refractivity contribution in [1.82, 2.24) is 10.2 Å². The van der Waals surface area contributed by atoms with E-state index in [9.17, 15) is 0 Å². The molecule has 0 saturated carbocycles. The molecule has 0 N–H and O–H groups in total. The third kappa shape index (κ3) is 3.09. The van der Waals surface area contributed by atoms with Crippen molar-refractivity contribution < 1.29 is 13.9 Å². The number of aromatic nitrogens is 2. The van der Waals surface area contributed by atoms with Crippen LogP contribution in [-0.4, -0.2) is 17.3 Å². The van der Waals surface area contributed by atoms with Gasteiger partial charge in [-0.25, -0.2) is 0 Å². The third-order valence-corrected chi connectivity index (χ3v) is 3.16. The topological polar surface area (TPSA) is 57.4 Å². The van der Waals surface area contributed by atoms with Gasteiger partial charge in [0.2, 0.25) is 0 Å². The molecule has 3 aromatic rings. The number of benzene rings is 2. The zero-order valence-electron chi connectivity index (χ0n) is 12.4. The van der Waals surface area contributed by atoms with Gasteiger partial charge in [0.05, 0.1) is 12.7 Å². The molecule has 1 aromatic heterocycles. The number of hydrogen-bond acceptors (Lipinski definition) is 5. The van der Waals surface area contributed by atoms with E-state index in [-0.39, 0.29) is 6.61 Å². The molecule has 1 heterocycles. The highest BCUT2D eigenvalue weighted by atomic mass is 16.5. The largest absolute Gasteiger partial charge is 0.496 e. The Hall–Kier alpha value is -2.82. The molecule has 22 heavy (non-hydrogen) atoms. The van der Waals surface area contributed by atoms with Crippen LogP contribution in [-0.2, 0) is 6.61 Å². The SMILES string of the molecule is COc1ccccc1-c1nnc(COc2cccc(C)c2)o1. The highest BCUT2D eigenvalue weighted by molar-refractivity contribution is 5.62. The molecule has 0 radical (unpaired) electrons. The number of rotatable bonds is 5. The van der Waals surface area contributed by atoms with E-state index in [2.05, 4.69) is 10.2 Å². The molecule has 0 spiro atoms. The number of nitrogens with zero attached hydrogens (tertiary/aromatic N) is 2. The second kappa shape index (κ2) is 6.30. The van der Waals surface area contributed by atoms with E-state index >= 15 is 0 Å². The molecule has 0 aliphatic rings. The van der Waals surface area contributed by atoms with Crippen LogP contribution in [0.4, 0.5) is 0 Å². The average molecular weight is 296 g/mol. The lowest BCUT2D eigenvalue weighted by Crippen LogP contribution is -1.95. The lowest BCUT2D eigenvalue weighted by Gasteiger charge is -2.04. The van der Waals surface area contributed by atoms with Gasteiger partial charge in [-0.05, 0) is 36.8 Å². The van der Waals surface area contributed by atoms with E-state index in [1.807, 2.05) is 55.5 Å². The van der Waals surface area contributed by atoms with Crippen LogP contribution < -0.4 is 9.47 Å². The van der Waals surface area contributed by atoms with Crippen molar-refractivity contribution in [1.29, 1.82) is 0 Å². The Kier molecular flexibility index (Phi) is 4.05. The minimum Gasteiger partial charge on any atom is -0.496 e. The second-order valence-corrected chi connectivity index (χ2v) is 4.81. The fourth-order valence-corrected chi connectivity index (χ4v) is 2.09. The highest BCUT2D eigenvalue weighted by Gasteiger charge is 2.13. The lowest BCUT2D eigenvalue weighted by atomic mass is 10.2. The van der Waals surface area contributed by atoms with E-state index in [1.165, 1.54) is 0 Å². The Bertz CT molecular complexity index is 768. The van der Waals surface area contributed by atoms with Gasteiger partial charge in [-0.3, -0.25) is 0 Å². The maximum atomic E-state index is 5.65. The first-order valence-corrected chi connectivity index (χ1v) is 6.91. The Morgan fingerprint density at radius 2 is 1.91 bits per heavy atom. The van der Waals surface area contributed by atoms with Crippen LogP contribution in [0.3, 0.4) is 0 Å². The molecule has 3 rings (SSSR count). The summed E-state index contributed by atoms with van der Waals surface area (Å²) in [5.41, 5.74) is 1.90. The van der Waals surface area contributed by atoms with Crippen LogP contribution in [0.2, 0.25) is 0 Å². The van der Waals surface area contributed by atoms with Gasteiger partial charge in [-0.2, -0.15) is 0 Å². The standard InChI is InChI=1S/C17H16N2O3/c1-12-6-5-7-13(10-12)21-11-16-18-19-17(22-16)14-8-3-4-9-15(14)20-2/h3-10H,11H2,1-2H3. The van der Waals surface area contributed by atoms with Gasteiger partial charge < -0.3 is 13.9 Å². The first kappa shape index (κ1) is 14.1. The predicted molar refractivity (Wildman–Crippen MR) is 81.8 cm³/mol. The molecule has 0 fully saturated rings. The molecule has 0 aliphatic heterocycles. The molecule has 112 valence electrons. The minimum absolute atomic E-state index is 0.228. The van der Waals surface area contributed by atoms with E-state index in [0.717, 1.165) is 16.9 Å². The molecule has 0 unspecified atom stereocenters. The second-order valence-electron chi connectivity index (χ2n) is 4.81. The number of methoxy groups -OCH3 is 1. The molecule has 0 aliphatic carbocycles. The van der Waals surface area contributed by atoms with Gasteiger partial charge in [0.15, 0.2) is 6.61 Å². The summed E-state index contributed by atoms with van der Waals surface area (Å²) in [7, 11) is 1.61. The lowest BCUT2D eigenvalue weighted by molar-refractivity contribution is 0.264. The summed E-state index contributed by atoms with van der Waals surface area (Å²) in [6.45, 7) is 2.24. The van der Waals surface area contributed by atoms with Gasteiger partial charge >= 0.3 is 0 Å². The summed E-state index contributed by atoms with van der Waals surface area (Å²) in [6, 6.07) is 15.3. The predicted octanol–water partition coefficient (Wildman–Crippen LogP) is 3.63. The van der Waals surface area contributed by atoms with Gasteiger partial charge in [0, 0.05) is 0 Å². The van der Waals surface area contributed by atoms with E-state index < -0.39 is 0 Å². The average Bonchev–Trinajstić information content (AvgIpc) is 3.02. The molecule has 2 aromatic carbocycles. The minimum atomic E-state index is 0.228. The van der Waals surface area contributed by atoms with Crippen LogP contribution in [0.5, 0.6) is 11.5 Å². The number of ether oxygens (including phenoxy) is 2. The zero-order valence-corrected chi connectivity index (χ0v) is 12.4. The quantitative estimate of drug-likeness (QED) is 0.719. The van der Waals surface area contributed by atoms with Crippen molar-refractivity contribution in [3.05, 3.63) is 60.0 Å². The Labute approximate surface area is 128 Å². The fraction of sp³-hybridized carbons (Fsp3) is 0.176. The Balaban J connectivity index is 1.74. The van der Waals surface area contributed by atoms with Crippen LogP contribution in [0.15, 0.2) is 52.9 Å². The van der Waals surface area contributed by atoms with E-state index in [1.54, 1.807) is 7.11 Å². The van der Waals surface area contributed by atoms with Crippen LogP contribution in [0, 0.1) is 6.92 Å². The van der Waals surface area contributed by atoms with Gasteiger partial charge in [0.1, 0.15) is 11.5 Å². The smallest absolute Gasteiger partial charge is 0.254 e. The van der Waals surface area contributed by atoms with E-state index in [0.29, 0.717) is 17.5 Å². The molecule has 5 nitrogen and oxygen atoms in total. The van der Waals surface area contributed by atoms with Crippen molar-refractivity contribution in [3.63, 3.8) is 0 Å². The van der Waals surface area contributed by atoms with Gasteiger partial charge in [-0.1, -0.05) is 24.3 Å². The van der Waals surface area contributed by atoms with Crippen LogP contribution in [0.1, 0.15) is 11.5 Å². The molecule has 0 atom stereocenters. The molecular weight excluding hydrogens is 280 g/mol. The summed E-state index contributed by atoms with van der Waals surface area (Å²) in [6.07, 6.45) is 0. The first-order chi connectivity index (χ1) is 10.8. The third-order valence-electron chi connectivity index (χ3n) is 3.16. The Morgan fingerprint density at radius 3 is 2.73 bits per heavy atom. The first-order valence-electron chi connectivity index (χ1n) is 6.91. The number of aryl methyl sites for hydroxylation is 1. The van der Waals surface area contributed by atoms with Gasteiger partial charge in [-0.15, -0.1) is 10.2 Å². The Morgan fingerprint density at radius 1 is 1.05 bits per heavy atom. The van der Waals surface area contributed by atoms with E-state index in [4.69, 9.17) is 13.9 Å². The van der Waals surface area contributed by atoms with Gasteiger partial charge in [0.25, 0.3) is 11.8 Å². The van der Waals surface area contributed by atoms with Crippen LogP contribution >= 0.6 is 0 Å². The zero-order chi connectivity index (χ0) is 15.4. The highest BCUT2D eigenvalue weighted by Crippen LogP contribution is 2.28. The van der Waals surface area contributed by atoms with Crippen molar-refractivity contribution in [2.75, 3.05) is 7.11 Å². The summed E-state index contributed by atoms with van der Waals surface area (Å²) >= 11 is 0. The molecule has 0 saturated heterocycles. The van der Waals surface area contributed by atoms with Crippen LogP contribution in [0.25, 0.3) is 11.5 Å². The van der Waals surface area contributed by atoms with Crippen molar-refractivity contribution in [3.8, 4) is 23.0 Å². The van der Waals surface area contributed by atoms with Crippen molar-refractivity contribution in [2.24, 2.45) is 0 Å². The summed E-state index contributed by atoms with van der Waals surface area (Å²) in [4.78, 5) is 0. The maximum Gasteiger partial charge on any atom is 0.254 e. The number of hydrogen-bond donors (Lipinski definition) is 0. The fourth-order valence-electron chi connectivity index (χ4n) is 2.09. The molecule has 5 heteroatoms. The summed E-state index contributed by atoms with van der Waals surface area (Å²) in [5, 5.41) is 8.06. The number of para-hydroxylation sites is 1.